The highest BCUT2D eigenvalue weighted by Crippen LogP contribution is 2.25. The van der Waals surface area contributed by atoms with E-state index in [1.54, 1.807) is 14.2 Å². The maximum absolute atomic E-state index is 5.65. The lowest BCUT2D eigenvalue weighted by atomic mass is 9.89. The first-order chi connectivity index (χ1) is 9.76. The van der Waals surface area contributed by atoms with Crippen molar-refractivity contribution in [1.82, 2.24) is 5.32 Å². The largest absolute Gasteiger partial charge is 0.341 e. The van der Waals surface area contributed by atoms with E-state index in [1.807, 2.05) is 0 Å². The fourth-order valence-electron chi connectivity index (χ4n) is 3.17. The number of unbranched alkanes of at least 4 members (excludes halogenated alkanes) is 4. The standard InChI is InChI=1S/C17H35NO2/c1-4-5-6-7-11-14-17(19-2,20-3)18-15-16-12-9-8-10-13-16/h16,18H,4-15H2,1-3H3. The molecule has 20 heavy (non-hydrogen) atoms. The average molecular weight is 285 g/mol. The normalized spacial score (nSPS) is 17.6. The molecule has 0 aromatic rings. The van der Waals surface area contributed by atoms with Crippen molar-refractivity contribution in [2.75, 3.05) is 20.8 Å². The topological polar surface area (TPSA) is 30.5 Å². The summed E-state index contributed by atoms with van der Waals surface area (Å²) in [4.78, 5) is 0. The smallest absolute Gasteiger partial charge is 0.226 e. The summed E-state index contributed by atoms with van der Waals surface area (Å²) in [6.45, 7) is 3.27. The quantitative estimate of drug-likeness (QED) is 0.449. The van der Waals surface area contributed by atoms with Crippen LogP contribution in [0.5, 0.6) is 0 Å². The second kappa shape index (κ2) is 10.6. The fourth-order valence-corrected chi connectivity index (χ4v) is 3.17. The average Bonchev–Trinajstić information content (AvgIpc) is 2.51. The zero-order valence-electron chi connectivity index (χ0n) is 13.9. The maximum Gasteiger partial charge on any atom is 0.226 e. The molecular formula is C17H35NO2. The van der Waals surface area contributed by atoms with Crippen molar-refractivity contribution in [1.29, 1.82) is 0 Å². The first kappa shape index (κ1) is 17.9. The SMILES string of the molecule is CCCCCCCC(NCC1CCCCC1)(OC)OC. The van der Waals surface area contributed by atoms with Gasteiger partial charge in [-0.15, -0.1) is 0 Å². The number of nitrogens with one attached hydrogen (secondary N) is 1. The Morgan fingerprint density at radius 1 is 0.950 bits per heavy atom. The molecule has 3 heteroatoms. The highest BCUT2D eigenvalue weighted by Gasteiger charge is 2.29. The second-order valence-corrected chi connectivity index (χ2v) is 6.21. The lowest BCUT2D eigenvalue weighted by Crippen LogP contribution is -2.50. The van der Waals surface area contributed by atoms with E-state index in [-0.39, 0.29) is 0 Å². The van der Waals surface area contributed by atoms with E-state index in [1.165, 1.54) is 64.2 Å². The zero-order chi connectivity index (χ0) is 14.7. The molecule has 0 heterocycles. The van der Waals surface area contributed by atoms with Crippen molar-refractivity contribution in [3.63, 3.8) is 0 Å². The van der Waals surface area contributed by atoms with E-state index in [2.05, 4.69) is 12.2 Å². The molecule has 1 aliphatic carbocycles. The van der Waals surface area contributed by atoms with Gasteiger partial charge in [-0.3, -0.25) is 5.32 Å². The van der Waals surface area contributed by atoms with Gasteiger partial charge in [0.25, 0.3) is 0 Å². The molecule has 1 rings (SSSR count). The van der Waals surface area contributed by atoms with Crippen LogP contribution in [0.3, 0.4) is 0 Å². The summed E-state index contributed by atoms with van der Waals surface area (Å²) in [5, 5.41) is 3.55. The molecule has 1 N–H and O–H groups in total. The van der Waals surface area contributed by atoms with Gasteiger partial charge in [-0.05, 0) is 25.2 Å². The van der Waals surface area contributed by atoms with E-state index >= 15 is 0 Å². The van der Waals surface area contributed by atoms with E-state index in [0.29, 0.717) is 0 Å². The van der Waals surface area contributed by atoms with Crippen molar-refractivity contribution in [2.45, 2.75) is 83.5 Å². The Morgan fingerprint density at radius 2 is 1.60 bits per heavy atom. The Labute approximate surface area is 125 Å². The van der Waals surface area contributed by atoms with Crippen LogP contribution in [0.15, 0.2) is 0 Å². The molecule has 0 unspecified atom stereocenters. The summed E-state index contributed by atoms with van der Waals surface area (Å²) in [6.07, 6.45) is 14.2. The van der Waals surface area contributed by atoms with Crippen LogP contribution in [0.25, 0.3) is 0 Å². The molecule has 0 bridgehead atoms. The number of ether oxygens (including phenoxy) is 2. The molecule has 0 aromatic heterocycles. The van der Waals surface area contributed by atoms with Crippen LogP contribution in [0.2, 0.25) is 0 Å². The van der Waals surface area contributed by atoms with Gasteiger partial charge in [0.2, 0.25) is 5.91 Å². The van der Waals surface area contributed by atoms with Crippen LogP contribution < -0.4 is 5.32 Å². The van der Waals surface area contributed by atoms with Gasteiger partial charge in [-0.2, -0.15) is 0 Å². The molecule has 0 atom stereocenters. The molecule has 0 aromatic carbocycles. The molecule has 0 radical (unpaired) electrons. The van der Waals surface area contributed by atoms with Crippen LogP contribution >= 0.6 is 0 Å². The fraction of sp³-hybridized carbons (Fsp3) is 1.00. The molecule has 120 valence electrons. The number of methoxy groups -OCH3 is 2. The van der Waals surface area contributed by atoms with E-state index in [4.69, 9.17) is 9.47 Å². The van der Waals surface area contributed by atoms with Crippen LogP contribution in [-0.2, 0) is 9.47 Å². The lowest BCUT2D eigenvalue weighted by Gasteiger charge is -2.34. The van der Waals surface area contributed by atoms with Gasteiger partial charge in [-0.1, -0.05) is 51.9 Å². The van der Waals surface area contributed by atoms with E-state index in [9.17, 15) is 0 Å². The molecule has 0 amide bonds. The lowest BCUT2D eigenvalue weighted by molar-refractivity contribution is -0.233. The number of rotatable bonds is 11. The Kier molecular flexibility index (Phi) is 9.49. The van der Waals surface area contributed by atoms with Crippen LogP contribution in [-0.4, -0.2) is 26.7 Å². The highest BCUT2D eigenvalue weighted by molar-refractivity contribution is 4.73. The highest BCUT2D eigenvalue weighted by atomic mass is 16.7. The molecule has 1 fully saturated rings. The minimum Gasteiger partial charge on any atom is -0.341 e. The molecule has 0 aliphatic heterocycles. The van der Waals surface area contributed by atoms with Gasteiger partial charge in [0.1, 0.15) is 0 Å². The summed E-state index contributed by atoms with van der Waals surface area (Å²) >= 11 is 0. The number of hydrogen-bond donors (Lipinski definition) is 1. The molecule has 0 saturated heterocycles. The molecule has 0 spiro atoms. The van der Waals surface area contributed by atoms with Crippen molar-refractivity contribution in [2.24, 2.45) is 5.92 Å². The van der Waals surface area contributed by atoms with Gasteiger partial charge in [0.05, 0.1) is 0 Å². The first-order valence-electron chi connectivity index (χ1n) is 8.61. The Bertz CT molecular complexity index is 223. The van der Waals surface area contributed by atoms with Crippen molar-refractivity contribution in [3.05, 3.63) is 0 Å². The predicted molar refractivity (Wildman–Crippen MR) is 84.7 cm³/mol. The third kappa shape index (κ3) is 6.55. The predicted octanol–water partition coefficient (Wildman–Crippen LogP) is 4.46. The Hall–Kier alpha value is -0.120. The zero-order valence-corrected chi connectivity index (χ0v) is 13.9. The molecule has 1 saturated carbocycles. The maximum atomic E-state index is 5.65. The van der Waals surface area contributed by atoms with Gasteiger partial charge in [0, 0.05) is 27.2 Å². The summed E-state index contributed by atoms with van der Waals surface area (Å²) in [7, 11) is 3.51. The van der Waals surface area contributed by atoms with Crippen LogP contribution in [0.4, 0.5) is 0 Å². The van der Waals surface area contributed by atoms with Gasteiger partial charge < -0.3 is 9.47 Å². The van der Waals surface area contributed by atoms with Crippen molar-refractivity contribution in [3.8, 4) is 0 Å². The summed E-state index contributed by atoms with van der Waals surface area (Å²) in [5.74, 6) is 0.234. The second-order valence-electron chi connectivity index (χ2n) is 6.21. The van der Waals surface area contributed by atoms with E-state index in [0.717, 1.165) is 18.9 Å². The van der Waals surface area contributed by atoms with Gasteiger partial charge >= 0.3 is 0 Å². The minimum atomic E-state index is -0.566. The Balaban J connectivity index is 2.28. The third-order valence-electron chi connectivity index (χ3n) is 4.65. The van der Waals surface area contributed by atoms with Gasteiger partial charge in [-0.25, -0.2) is 0 Å². The summed E-state index contributed by atoms with van der Waals surface area (Å²) in [5.41, 5.74) is 0. The summed E-state index contributed by atoms with van der Waals surface area (Å²) < 4.78 is 11.3. The molecular weight excluding hydrogens is 250 g/mol. The third-order valence-corrected chi connectivity index (χ3v) is 4.65. The van der Waals surface area contributed by atoms with Crippen LogP contribution in [0.1, 0.15) is 77.6 Å². The molecule has 3 nitrogen and oxygen atoms in total. The minimum absolute atomic E-state index is 0.566. The van der Waals surface area contributed by atoms with Gasteiger partial charge in [0.15, 0.2) is 0 Å². The summed E-state index contributed by atoms with van der Waals surface area (Å²) in [6, 6.07) is 0. The van der Waals surface area contributed by atoms with Crippen molar-refractivity contribution >= 4 is 0 Å². The monoisotopic (exact) mass is 285 g/mol. The van der Waals surface area contributed by atoms with Crippen LogP contribution in [0, 0.1) is 5.92 Å². The van der Waals surface area contributed by atoms with E-state index < -0.39 is 5.91 Å². The molecule has 1 aliphatic rings. The van der Waals surface area contributed by atoms with Crippen molar-refractivity contribution < 1.29 is 9.47 Å². The first-order valence-corrected chi connectivity index (χ1v) is 8.61. The number of hydrogen-bond acceptors (Lipinski definition) is 3. The Morgan fingerprint density at radius 3 is 2.20 bits per heavy atom.